The first-order chi connectivity index (χ1) is 17.9. The van der Waals surface area contributed by atoms with Crippen LogP contribution in [0.3, 0.4) is 0 Å². The summed E-state index contributed by atoms with van der Waals surface area (Å²) in [5.74, 6) is -2.83. The van der Waals surface area contributed by atoms with Gasteiger partial charge in [0.1, 0.15) is 17.2 Å². The van der Waals surface area contributed by atoms with Crippen molar-refractivity contribution >= 4 is 35.0 Å². The molecule has 12 heteroatoms. The smallest absolute Gasteiger partial charge is 0.311 e. The number of hydrogen-bond donors (Lipinski definition) is 2. The van der Waals surface area contributed by atoms with Gasteiger partial charge in [-0.2, -0.15) is 5.10 Å². The van der Waals surface area contributed by atoms with E-state index in [4.69, 9.17) is 16.3 Å². The monoisotopic (exact) mass is 547 g/mol. The minimum absolute atomic E-state index is 0.0117. The Morgan fingerprint density at radius 2 is 1.76 bits per heavy atom. The Hall–Kier alpha value is -3.60. The molecule has 0 radical (unpaired) electrons. The molecule has 1 fully saturated rings. The second-order valence-electron chi connectivity index (χ2n) is 10.2. The van der Waals surface area contributed by atoms with E-state index in [2.05, 4.69) is 20.7 Å². The summed E-state index contributed by atoms with van der Waals surface area (Å²) in [4.78, 5) is 42.2. The number of fused-ring (bicyclic) bond motifs is 1. The highest BCUT2D eigenvalue weighted by molar-refractivity contribution is 6.30. The maximum absolute atomic E-state index is 14.4. The maximum atomic E-state index is 14.4. The highest BCUT2D eigenvalue weighted by Gasteiger charge is 2.43. The Bertz CT molecular complexity index is 1400. The topological polar surface area (TPSA) is 115 Å². The van der Waals surface area contributed by atoms with Crippen LogP contribution in [-0.4, -0.2) is 46.0 Å². The number of amides is 2. The zero-order chi connectivity index (χ0) is 27.7. The quantitative estimate of drug-likeness (QED) is 0.431. The molecule has 2 amide bonds. The average molecular weight is 548 g/mol. The molecule has 2 aromatic heterocycles. The first kappa shape index (κ1) is 27.4. The lowest BCUT2D eigenvalue weighted by Gasteiger charge is -2.41. The van der Waals surface area contributed by atoms with E-state index in [-0.39, 0.29) is 40.0 Å². The van der Waals surface area contributed by atoms with Crippen LogP contribution < -0.4 is 10.6 Å². The average Bonchev–Trinajstić information content (AvgIpc) is 3.29. The first-order valence-corrected chi connectivity index (χ1v) is 12.5. The van der Waals surface area contributed by atoms with Crippen molar-refractivity contribution in [2.24, 2.45) is 10.8 Å². The predicted molar refractivity (Wildman–Crippen MR) is 135 cm³/mol. The fourth-order valence-corrected chi connectivity index (χ4v) is 4.76. The molecule has 2 heterocycles. The van der Waals surface area contributed by atoms with Crippen LogP contribution >= 0.6 is 11.6 Å². The molecule has 1 aliphatic rings. The second-order valence-corrected chi connectivity index (χ2v) is 10.6. The molecule has 2 N–H and O–H groups in total. The van der Waals surface area contributed by atoms with Gasteiger partial charge in [0.15, 0.2) is 11.5 Å². The summed E-state index contributed by atoms with van der Waals surface area (Å²) in [6, 6.07) is 5.26. The number of hydrogen-bond acceptors (Lipinski definition) is 6. The third-order valence-electron chi connectivity index (χ3n) is 7.25. The molecule has 0 unspecified atom stereocenters. The molecule has 4 rings (SSSR count). The number of benzene rings is 1. The SMILES string of the molecule is COC(=O)C1(C)CCC(C)(CNC(=O)c2cc(C(=O)NCc3ccc(F)c(Cl)c3)nc3c(F)cnn23)CC1. The van der Waals surface area contributed by atoms with Crippen LogP contribution in [0.1, 0.15) is 66.1 Å². The number of aromatic nitrogens is 3. The summed E-state index contributed by atoms with van der Waals surface area (Å²) >= 11 is 5.79. The molecular formula is C26H28ClF2N5O4. The zero-order valence-electron chi connectivity index (χ0n) is 21.2. The van der Waals surface area contributed by atoms with E-state index in [1.54, 1.807) is 0 Å². The lowest BCUT2D eigenvalue weighted by molar-refractivity contribution is -0.155. The van der Waals surface area contributed by atoms with Crippen LogP contribution in [0.15, 0.2) is 30.5 Å². The number of rotatable bonds is 7. The van der Waals surface area contributed by atoms with Gasteiger partial charge >= 0.3 is 5.97 Å². The minimum Gasteiger partial charge on any atom is -0.469 e. The molecule has 0 bridgehead atoms. The molecule has 1 aliphatic carbocycles. The van der Waals surface area contributed by atoms with Crippen molar-refractivity contribution in [2.75, 3.05) is 13.7 Å². The second kappa shape index (κ2) is 10.6. The van der Waals surface area contributed by atoms with E-state index >= 15 is 0 Å². The van der Waals surface area contributed by atoms with E-state index in [1.165, 1.54) is 31.4 Å². The maximum Gasteiger partial charge on any atom is 0.311 e. The lowest BCUT2D eigenvalue weighted by atomic mass is 9.65. The predicted octanol–water partition coefficient (Wildman–Crippen LogP) is 4.08. The van der Waals surface area contributed by atoms with E-state index in [0.29, 0.717) is 37.8 Å². The molecule has 0 atom stereocenters. The molecule has 38 heavy (non-hydrogen) atoms. The normalized spacial score (nSPS) is 21.2. The summed E-state index contributed by atoms with van der Waals surface area (Å²) < 4.78 is 33.7. The number of nitrogens with zero attached hydrogens (tertiary/aromatic N) is 3. The van der Waals surface area contributed by atoms with Gasteiger partial charge in [0.25, 0.3) is 11.8 Å². The number of halogens is 3. The summed E-state index contributed by atoms with van der Waals surface area (Å²) in [5.41, 5.74) is -0.792. The van der Waals surface area contributed by atoms with Gasteiger partial charge in [-0.3, -0.25) is 14.4 Å². The van der Waals surface area contributed by atoms with Gasteiger partial charge in [-0.1, -0.05) is 24.6 Å². The Labute approximate surface area is 222 Å². The third-order valence-corrected chi connectivity index (χ3v) is 7.54. The standard InChI is InChI=1S/C26H28ClF2N5O4/c1-25(6-8-26(2,9-7-25)24(37)38-3)14-31-23(36)20-11-19(33-21-18(29)13-32-34(20)21)22(35)30-12-15-4-5-17(28)16(27)10-15/h4-5,10-11,13H,6-9,12,14H2,1-3H3,(H,30,35)(H,31,36). The van der Waals surface area contributed by atoms with Crippen LogP contribution in [0, 0.1) is 22.5 Å². The Morgan fingerprint density at radius 3 is 2.42 bits per heavy atom. The van der Waals surface area contributed by atoms with E-state index in [1.807, 2.05) is 13.8 Å². The number of carbonyl (C=O) groups is 3. The number of ether oxygens (including phenoxy) is 1. The molecule has 202 valence electrons. The van der Waals surface area contributed by atoms with Crippen molar-refractivity contribution in [3.05, 3.63) is 64.1 Å². The Balaban J connectivity index is 1.48. The van der Waals surface area contributed by atoms with Crippen molar-refractivity contribution in [1.29, 1.82) is 0 Å². The molecule has 1 saturated carbocycles. The largest absolute Gasteiger partial charge is 0.469 e. The number of nitrogens with one attached hydrogen (secondary N) is 2. The summed E-state index contributed by atoms with van der Waals surface area (Å²) in [7, 11) is 1.38. The first-order valence-electron chi connectivity index (χ1n) is 12.1. The number of methoxy groups -OCH3 is 1. The van der Waals surface area contributed by atoms with Gasteiger partial charge in [-0.05, 0) is 55.7 Å². The fraction of sp³-hybridized carbons (Fsp3) is 0.423. The molecule has 0 spiro atoms. The number of esters is 1. The van der Waals surface area contributed by atoms with Crippen LogP contribution in [-0.2, 0) is 16.1 Å². The van der Waals surface area contributed by atoms with Crippen molar-refractivity contribution in [3.63, 3.8) is 0 Å². The van der Waals surface area contributed by atoms with Crippen molar-refractivity contribution in [2.45, 2.75) is 46.1 Å². The molecular weight excluding hydrogens is 520 g/mol. The van der Waals surface area contributed by atoms with Gasteiger partial charge in [0.2, 0.25) is 0 Å². The highest BCUT2D eigenvalue weighted by atomic mass is 35.5. The van der Waals surface area contributed by atoms with Gasteiger partial charge in [-0.15, -0.1) is 0 Å². The molecule has 9 nitrogen and oxygen atoms in total. The summed E-state index contributed by atoms with van der Waals surface area (Å²) in [5, 5.41) is 9.29. The summed E-state index contributed by atoms with van der Waals surface area (Å²) in [6.45, 7) is 4.23. The van der Waals surface area contributed by atoms with Gasteiger partial charge < -0.3 is 15.4 Å². The van der Waals surface area contributed by atoms with Crippen LogP contribution in [0.4, 0.5) is 8.78 Å². The van der Waals surface area contributed by atoms with E-state index in [0.717, 1.165) is 10.7 Å². The summed E-state index contributed by atoms with van der Waals surface area (Å²) in [6.07, 6.45) is 3.56. The van der Waals surface area contributed by atoms with Gasteiger partial charge in [0, 0.05) is 19.2 Å². The van der Waals surface area contributed by atoms with E-state index < -0.39 is 28.9 Å². The van der Waals surface area contributed by atoms with Gasteiger partial charge in [-0.25, -0.2) is 18.3 Å². The number of carbonyl (C=O) groups excluding carboxylic acids is 3. The Morgan fingerprint density at radius 1 is 1.05 bits per heavy atom. The van der Waals surface area contributed by atoms with Crippen LogP contribution in [0.25, 0.3) is 5.65 Å². The molecule has 0 saturated heterocycles. The zero-order valence-corrected chi connectivity index (χ0v) is 22.0. The molecule has 0 aliphatic heterocycles. The highest BCUT2D eigenvalue weighted by Crippen LogP contribution is 2.45. The van der Waals surface area contributed by atoms with Crippen molar-refractivity contribution in [3.8, 4) is 0 Å². The molecule has 3 aromatic rings. The molecule has 1 aromatic carbocycles. The lowest BCUT2D eigenvalue weighted by Crippen LogP contribution is -2.43. The Kier molecular flexibility index (Phi) is 7.68. The van der Waals surface area contributed by atoms with Gasteiger partial charge in [0.05, 0.1) is 23.7 Å². The fourth-order valence-electron chi connectivity index (χ4n) is 4.55. The third kappa shape index (κ3) is 5.62. The van der Waals surface area contributed by atoms with Crippen LogP contribution in [0.2, 0.25) is 5.02 Å². The minimum atomic E-state index is -0.791. The van der Waals surface area contributed by atoms with Crippen molar-refractivity contribution < 1.29 is 27.9 Å². The van der Waals surface area contributed by atoms with Crippen molar-refractivity contribution in [1.82, 2.24) is 25.2 Å². The van der Waals surface area contributed by atoms with Crippen LogP contribution in [0.5, 0.6) is 0 Å². The van der Waals surface area contributed by atoms with E-state index in [9.17, 15) is 23.2 Å².